The van der Waals surface area contributed by atoms with E-state index >= 15 is 0 Å². The summed E-state index contributed by atoms with van der Waals surface area (Å²) < 4.78 is 5.44. The highest BCUT2D eigenvalue weighted by Crippen LogP contribution is 2.37. The van der Waals surface area contributed by atoms with Gasteiger partial charge in [0.15, 0.2) is 6.54 Å². The number of para-hydroxylation sites is 1. The van der Waals surface area contributed by atoms with Crippen molar-refractivity contribution in [1.82, 2.24) is 0 Å². The Hall–Kier alpha value is -0.540. The van der Waals surface area contributed by atoms with Crippen LogP contribution in [0.3, 0.4) is 0 Å². The van der Waals surface area contributed by atoms with E-state index in [1.807, 2.05) is 11.3 Å². The molecule has 0 fully saturated rings. The van der Waals surface area contributed by atoms with Gasteiger partial charge in [-0.15, -0.1) is 0 Å². The molecule has 3 rings (SSSR count). The topological polar surface area (TPSA) is 3.88 Å². The van der Waals surface area contributed by atoms with Gasteiger partial charge in [-0.05, 0) is 24.2 Å². The number of fused-ring (bicyclic) bond motifs is 3. The predicted molar refractivity (Wildman–Crippen MR) is 71.2 cm³/mol. The minimum absolute atomic E-state index is 0.816. The molecule has 1 aromatic heterocycles. The van der Waals surface area contributed by atoms with E-state index in [2.05, 4.69) is 47.5 Å². The summed E-state index contributed by atoms with van der Waals surface area (Å²) in [7, 11) is 0. The average Bonchev–Trinajstić information content (AvgIpc) is 2.83. The molecule has 0 amide bonds. The van der Waals surface area contributed by atoms with Crippen molar-refractivity contribution in [2.75, 3.05) is 0 Å². The first-order valence-corrected chi connectivity index (χ1v) is 7.66. The Morgan fingerprint density at radius 2 is 2.25 bits per heavy atom. The average molecular weight is 250 g/mol. The number of nitrogens with zero attached hydrogens (tertiary/aromatic N) is 1. The first-order valence-electron chi connectivity index (χ1n) is 5.96. The molecule has 2 heterocycles. The molecule has 0 spiro atoms. The van der Waals surface area contributed by atoms with Crippen molar-refractivity contribution in [3.05, 3.63) is 24.3 Å². The third kappa shape index (κ3) is 1.76. The smallest absolute Gasteiger partial charge is 0.175 e. The van der Waals surface area contributed by atoms with E-state index in [9.17, 15) is 0 Å². The fourth-order valence-corrected chi connectivity index (χ4v) is 5.10. The SMILES string of the molecule is CCCCC1C[n+]2c(sc3ccccc32)S1. The summed E-state index contributed by atoms with van der Waals surface area (Å²) in [6, 6.07) is 8.76. The van der Waals surface area contributed by atoms with Gasteiger partial charge in [-0.3, -0.25) is 0 Å². The highest BCUT2D eigenvalue weighted by Gasteiger charge is 2.33. The zero-order valence-electron chi connectivity index (χ0n) is 9.48. The van der Waals surface area contributed by atoms with Crippen molar-refractivity contribution in [2.45, 2.75) is 42.3 Å². The van der Waals surface area contributed by atoms with Crippen LogP contribution in [0.4, 0.5) is 0 Å². The number of unbranched alkanes of at least 4 members (excludes halogenated alkanes) is 1. The monoisotopic (exact) mass is 250 g/mol. The maximum absolute atomic E-state index is 2.50. The maximum atomic E-state index is 2.50. The Bertz CT molecular complexity index is 504. The van der Waals surface area contributed by atoms with E-state index in [0.29, 0.717) is 0 Å². The quantitative estimate of drug-likeness (QED) is 0.748. The zero-order valence-corrected chi connectivity index (χ0v) is 11.1. The van der Waals surface area contributed by atoms with E-state index in [-0.39, 0.29) is 0 Å². The summed E-state index contributed by atoms with van der Waals surface area (Å²) in [5.74, 6) is 0. The number of thiazole rings is 1. The normalized spacial score (nSPS) is 19.2. The maximum Gasteiger partial charge on any atom is 0.298 e. The van der Waals surface area contributed by atoms with Crippen LogP contribution in [-0.2, 0) is 6.54 Å². The molecule has 0 aliphatic carbocycles. The highest BCUT2D eigenvalue weighted by atomic mass is 32.2. The van der Waals surface area contributed by atoms with Gasteiger partial charge in [-0.1, -0.05) is 43.2 Å². The van der Waals surface area contributed by atoms with Gasteiger partial charge in [0, 0.05) is 6.07 Å². The number of thioether (sulfide) groups is 1. The van der Waals surface area contributed by atoms with Crippen molar-refractivity contribution in [2.24, 2.45) is 0 Å². The fraction of sp³-hybridized carbons (Fsp3) is 0.462. The Kier molecular flexibility index (Phi) is 2.90. The molecule has 1 nitrogen and oxygen atoms in total. The number of hydrogen-bond donors (Lipinski definition) is 0. The van der Waals surface area contributed by atoms with E-state index in [1.165, 1.54) is 40.4 Å². The molecule has 1 atom stereocenters. The van der Waals surface area contributed by atoms with Crippen LogP contribution >= 0.6 is 23.1 Å². The van der Waals surface area contributed by atoms with Crippen LogP contribution in [-0.4, -0.2) is 5.25 Å². The van der Waals surface area contributed by atoms with Gasteiger partial charge in [-0.2, -0.15) is 4.57 Å². The van der Waals surface area contributed by atoms with E-state index in [4.69, 9.17) is 0 Å². The van der Waals surface area contributed by atoms with Crippen LogP contribution in [0, 0.1) is 0 Å². The molecule has 1 aromatic carbocycles. The van der Waals surface area contributed by atoms with Crippen molar-refractivity contribution >= 4 is 33.3 Å². The summed E-state index contributed by atoms with van der Waals surface area (Å²) in [6.45, 7) is 3.49. The van der Waals surface area contributed by atoms with Crippen LogP contribution in [0.5, 0.6) is 0 Å². The zero-order chi connectivity index (χ0) is 11.0. The molecule has 1 unspecified atom stereocenters. The van der Waals surface area contributed by atoms with Gasteiger partial charge in [0.05, 0.1) is 5.25 Å². The molecule has 16 heavy (non-hydrogen) atoms. The summed E-state index contributed by atoms with van der Waals surface area (Å²) in [5, 5.41) is 0.816. The van der Waals surface area contributed by atoms with Crippen LogP contribution in [0.1, 0.15) is 26.2 Å². The van der Waals surface area contributed by atoms with Crippen molar-refractivity contribution in [3.63, 3.8) is 0 Å². The first-order chi connectivity index (χ1) is 7.88. The van der Waals surface area contributed by atoms with Crippen molar-refractivity contribution in [3.8, 4) is 0 Å². The molecule has 1 aliphatic rings. The molecule has 84 valence electrons. The minimum Gasteiger partial charge on any atom is -0.175 e. The Morgan fingerprint density at radius 3 is 3.12 bits per heavy atom. The molecule has 0 N–H and O–H groups in total. The lowest BCUT2D eigenvalue weighted by Gasteiger charge is -2.01. The summed E-state index contributed by atoms with van der Waals surface area (Å²) in [5.41, 5.74) is 1.42. The lowest BCUT2D eigenvalue weighted by molar-refractivity contribution is -0.695. The van der Waals surface area contributed by atoms with Gasteiger partial charge in [-0.25, -0.2) is 0 Å². The third-order valence-corrected chi connectivity index (χ3v) is 5.75. The van der Waals surface area contributed by atoms with Gasteiger partial charge < -0.3 is 0 Å². The Balaban J connectivity index is 1.87. The predicted octanol–water partition coefficient (Wildman–Crippen LogP) is 3.85. The Labute approximate surface area is 104 Å². The molecule has 2 aromatic rings. The minimum atomic E-state index is 0.816. The second kappa shape index (κ2) is 4.38. The molecule has 1 aliphatic heterocycles. The standard InChI is InChI=1S/C13H16NS2/c1-2-3-6-10-9-14-11-7-4-5-8-12(11)16-13(14)15-10/h4-5,7-8,10H,2-3,6,9H2,1H3/q+1. The van der Waals surface area contributed by atoms with Gasteiger partial charge in [0.25, 0.3) is 4.34 Å². The van der Waals surface area contributed by atoms with Crippen molar-refractivity contribution in [1.29, 1.82) is 0 Å². The number of hydrogen-bond acceptors (Lipinski definition) is 2. The van der Waals surface area contributed by atoms with Crippen molar-refractivity contribution < 1.29 is 4.57 Å². The van der Waals surface area contributed by atoms with Crippen LogP contribution in [0.25, 0.3) is 10.2 Å². The van der Waals surface area contributed by atoms with Crippen LogP contribution < -0.4 is 4.57 Å². The number of rotatable bonds is 3. The summed E-state index contributed by atoms with van der Waals surface area (Å²) in [6.07, 6.45) is 4.05. The van der Waals surface area contributed by atoms with Crippen LogP contribution in [0.15, 0.2) is 28.6 Å². The molecule has 0 saturated carbocycles. The van der Waals surface area contributed by atoms with E-state index in [0.717, 1.165) is 5.25 Å². The molecule has 0 bridgehead atoms. The van der Waals surface area contributed by atoms with E-state index < -0.39 is 0 Å². The molecular formula is C13H16NS2+. The molecule has 0 saturated heterocycles. The van der Waals surface area contributed by atoms with Gasteiger partial charge in [0.2, 0.25) is 5.52 Å². The lowest BCUT2D eigenvalue weighted by Crippen LogP contribution is -2.33. The highest BCUT2D eigenvalue weighted by molar-refractivity contribution is 8.01. The molecule has 0 radical (unpaired) electrons. The summed E-state index contributed by atoms with van der Waals surface area (Å²) >= 11 is 4.03. The number of benzene rings is 1. The number of aromatic nitrogens is 1. The third-order valence-electron chi connectivity index (χ3n) is 3.11. The first kappa shape index (κ1) is 10.6. The Morgan fingerprint density at radius 1 is 1.38 bits per heavy atom. The summed E-state index contributed by atoms with van der Waals surface area (Å²) in [4.78, 5) is 0. The largest absolute Gasteiger partial charge is 0.298 e. The molecule has 3 heteroatoms. The lowest BCUT2D eigenvalue weighted by atomic mass is 10.2. The van der Waals surface area contributed by atoms with Gasteiger partial charge in [0.1, 0.15) is 4.70 Å². The van der Waals surface area contributed by atoms with E-state index in [1.54, 1.807) is 0 Å². The van der Waals surface area contributed by atoms with Gasteiger partial charge >= 0.3 is 0 Å². The fourth-order valence-electron chi connectivity index (χ4n) is 2.24. The second-order valence-corrected chi connectivity index (χ2v) is 6.91. The second-order valence-electron chi connectivity index (χ2n) is 4.33. The van der Waals surface area contributed by atoms with Crippen LogP contribution in [0.2, 0.25) is 0 Å². The molecular weight excluding hydrogens is 234 g/mol.